The Morgan fingerprint density at radius 3 is 0.768 bits per heavy atom. The van der Waals surface area contributed by atoms with Gasteiger partial charge in [0.25, 0.3) is 0 Å². The summed E-state index contributed by atoms with van der Waals surface area (Å²) in [7, 11) is 0. The molecule has 0 saturated carbocycles. The molecular formula is C83H84N12O17. The van der Waals surface area contributed by atoms with E-state index in [9.17, 15) is 47.9 Å². The number of nitrogens with one attached hydrogen (secondary N) is 12. The molecule has 12 N–H and O–H groups in total. The second-order valence-corrected chi connectivity index (χ2v) is 24.2. The lowest BCUT2D eigenvalue weighted by atomic mass is 9.98. The highest BCUT2D eigenvalue weighted by Crippen LogP contribution is 2.20. The quantitative estimate of drug-likeness (QED) is 0.0153. The van der Waals surface area contributed by atoms with Crippen molar-refractivity contribution in [2.45, 2.75) is 36.9 Å². The summed E-state index contributed by atoms with van der Waals surface area (Å²) in [5.74, 6) is -0.497. The maximum Gasteiger partial charge on any atom is 0.411 e. The van der Waals surface area contributed by atoms with Gasteiger partial charge in [0, 0.05) is 51.2 Å². The zero-order valence-electron chi connectivity index (χ0n) is 60.7. The summed E-state index contributed by atoms with van der Waals surface area (Å²) in [5.41, 5.74) is 2.65. The summed E-state index contributed by atoms with van der Waals surface area (Å²) >= 11 is 0. The van der Waals surface area contributed by atoms with E-state index in [1.807, 2.05) is 60.7 Å². The number of hydrogen-bond acceptors (Lipinski definition) is 17. The van der Waals surface area contributed by atoms with Gasteiger partial charge in [-0.25, -0.2) is 43.2 Å². The summed E-state index contributed by atoms with van der Waals surface area (Å²) < 4.78 is 37.8. The number of carbonyl (C=O) groups excluding carboxylic acids is 10. The summed E-state index contributed by atoms with van der Waals surface area (Å²) in [6.45, 7) is -0.602. The molecule has 0 saturated heterocycles. The standard InChI is InChI=1S/C32H31N5O7.C26H28N4O5.C25H25N3O5/c38-28(33-24-13-5-1-6-14-24)37-32(21-42-29(39)34-25-15-7-2-8-16-25,22-43-30(40)35-26-17-9-3-10-18-26)23-44-31(41)36-27-19-11-4-12-20-27;1-2-26(30-23(31)27-20-12-6-3-7-13-20,18-34-24(32)28-21-14-8-4-9-15-21)19-35-25(33)29-22-16-10-5-11-17-22;29-23(16-19-10-4-1-5-11-19)33-22(17-26-24(30)27-20-12-6-2-7-13-20)18-32-25(31)28-21-14-8-3-9-15-21/h1-20H,21-23H2,(H,34,39)(H,35,40)(H,36,41)(H2,33,37,38);3-17H,2,18-19H2,1H3,(H,28,32)(H,29,33)(H2,27,30,31);1-15,22H,16-18H2,(H,28,31)(H2,26,27,30). The van der Waals surface area contributed by atoms with Crippen molar-refractivity contribution in [3.8, 4) is 0 Å². The summed E-state index contributed by atoms with van der Waals surface area (Å²) in [5, 5.41) is 31.7. The fourth-order valence-electron chi connectivity index (χ4n) is 9.76. The minimum absolute atomic E-state index is 0.0438. The third kappa shape index (κ3) is 32.0. The molecule has 0 aromatic heterocycles. The van der Waals surface area contributed by atoms with E-state index in [4.69, 9.17) is 33.2 Å². The van der Waals surface area contributed by atoms with Gasteiger partial charge in [-0.15, -0.1) is 0 Å². The highest BCUT2D eigenvalue weighted by molar-refractivity contribution is 5.93. The van der Waals surface area contributed by atoms with E-state index in [2.05, 4.69) is 63.8 Å². The molecule has 0 aliphatic carbocycles. The van der Waals surface area contributed by atoms with Crippen LogP contribution in [-0.4, -0.2) is 124 Å². The van der Waals surface area contributed by atoms with Gasteiger partial charge in [0.2, 0.25) is 0 Å². The van der Waals surface area contributed by atoms with Gasteiger partial charge in [0.15, 0.2) is 6.10 Å². The highest BCUT2D eigenvalue weighted by Gasteiger charge is 2.39. The fraction of sp³-hybridized carbons (Fsp3) is 0.157. The SMILES string of the molecule is CCC(COC(=O)Nc1ccccc1)(COC(=O)Nc1ccccc1)NC(=O)Nc1ccccc1.O=C(NCC(COC(=O)Nc1ccccc1)OC(=O)Cc1ccccc1)Nc1ccccc1.O=C(Nc1ccccc1)NC(COC(=O)Nc1ccccc1)(COC(=O)Nc1ccccc1)COC(=O)Nc1ccccc1. The number of anilines is 9. The van der Waals surface area contributed by atoms with Gasteiger partial charge < -0.3 is 65.1 Å². The van der Waals surface area contributed by atoms with Crippen molar-refractivity contribution in [2.24, 2.45) is 0 Å². The van der Waals surface area contributed by atoms with Crippen molar-refractivity contribution in [2.75, 3.05) is 94.0 Å². The van der Waals surface area contributed by atoms with Crippen LogP contribution in [-0.2, 0) is 44.4 Å². The lowest BCUT2D eigenvalue weighted by Gasteiger charge is -2.33. The molecule has 0 aliphatic rings. The zero-order valence-corrected chi connectivity index (χ0v) is 60.7. The van der Waals surface area contributed by atoms with E-state index in [-0.39, 0.29) is 32.8 Å². The Morgan fingerprint density at radius 1 is 0.277 bits per heavy atom. The predicted molar refractivity (Wildman–Crippen MR) is 425 cm³/mol. The maximum absolute atomic E-state index is 13.1. The Hall–Kier alpha value is -14.9. The molecule has 0 radical (unpaired) electrons. The third-order valence-electron chi connectivity index (χ3n) is 15.4. The number of carbonyl (C=O) groups is 10. The average molecular weight is 1520 g/mol. The van der Waals surface area contributed by atoms with E-state index in [1.165, 1.54) is 0 Å². The summed E-state index contributed by atoms with van der Waals surface area (Å²) in [6, 6.07) is 85.9. The van der Waals surface area contributed by atoms with Crippen LogP contribution < -0.4 is 63.8 Å². The van der Waals surface area contributed by atoms with E-state index in [1.54, 1.807) is 250 Å². The summed E-state index contributed by atoms with van der Waals surface area (Å²) in [4.78, 5) is 125. The molecule has 1 unspecified atom stereocenters. The number of esters is 1. The monoisotopic (exact) mass is 1520 g/mol. The Bertz CT molecular complexity index is 4290. The predicted octanol–water partition coefficient (Wildman–Crippen LogP) is 16.0. The van der Waals surface area contributed by atoms with Crippen molar-refractivity contribution in [3.63, 3.8) is 0 Å². The van der Waals surface area contributed by atoms with Gasteiger partial charge in [-0.3, -0.25) is 36.7 Å². The molecule has 112 heavy (non-hydrogen) atoms. The number of amides is 12. The first-order valence-electron chi connectivity index (χ1n) is 35.0. The largest absolute Gasteiger partial charge is 0.457 e. The molecule has 1 atom stereocenters. The van der Waals surface area contributed by atoms with E-state index < -0.39 is 97.6 Å². The molecule has 0 aliphatic heterocycles. The molecular weight excluding hydrogens is 1440 g/mol. The van der Waals surface area contributed by atoms with Crippen LogP contribution in [0.5, 0.6) is 0 Å². The number of rotatable bonds is 29. The van der Waals surface area contributed by atoms with Crippen LogP contribution in [0.25, 0.3) is 0 Å². The Labute approximate surface area is 645 Å². The number of hydrogen-bond donors (Lipinski definition) is 12. The Morgan fingerprint density at radius 2 is 0.500 bits per heavy atom. The molecule has 578 valence electrons. The van der Waals surface area contributed by atoms with Gasteiger partial charge in [0.05, 0.1) is 13.0 Å². The van der Waals surface area contributed by atoms with Crippen LogP contribution in [0.4, 0.5) is 94.3 Å². The van der Waals surface area contributed by atoms with Crippen LogP contribution in [0, 0.1) is 0 Å². The lowest BCUT2D eigenvalue weighted by Crippen LogP contribution is -2.60. The van der Waals surface area contributed by atoms with Crippen molar-refractivity contribution in [1.82, 2.24) is 16.0 Å². The molecule has 0 spiro atoms. The smallest absolute Gasteiger partial charge is 0.411 e. The van der Waals surface area contributed by atoms with Crippen LogP contribution in [0.15, 0.2) is 303 Å². The first-order valence-corrected chi connectivity index (χ1v) is 35.0. The normalized spacial score (nSPS) is 10.7. The highest BCUT2D eigenvalue weighted by atomic mass is 16.6. The van der Waals surface area contributed by atoms with E-state index in [0.29, 0.717) is 57.6 Å². The molecule has 0 fully saturated rings. The van der Waals surface area contributed by atoms with Crippen LogP contribution >= 0.6 is 0 Å². The van der Waals surface area contributed by atoms with Crippen molar-refractivity contribution >= 4 is 112 Å². The summed E-state index contributed by atoms with van der Waals surface area (Å²) in [6.07, 6.45) is -5.16. The van der Waals surface area contributed by atoms with Gasteiger partial charge >= 0.3 is 60.6 Å². The average Bonchev–Trinajstić information content (AvgIpc) is 0.835. The lowest BCUT2D eigenvalue weighted by molar-refractivity contribution is -0.149. The molecule has 0 heterocycles. The van der Waals surface area contributed by atoms with Crippen LogP contribution in [0.1, 0.15) is 18.9 Å². The molecule has 12 amide bonds. The number of urea groups is 3. The molecule has 10 rings (SSSR count). The van der Waals surface area contributed by atoms with Crippen molar-refractivity contribution in [1.29, 1.82) is 0 Å². The first-order chi connectivity index (χ1) is 54.4. The Kier molecular flexibility index (Phi) is 33.7. The molecule has 10 aromatic carbocycles. The fourth-order valence-corrected chi connectivity index (χ4v) is 9.76. The van der Waals surface area contributed by atoms with Crippen LogP contribution in [0.2, 0.25) is 0 Å². The maximum atomic E-state index is 13.1. The second kappa shape index (κ2) is 45.6. The molecule has 29 heteroatoms. The van der Waals surface area contributed by atoms with Crippen molar-refractivity contribution in [3.05, 3.63) is 309 Å². The molecule has 29 nitrogen and oxygen atoms in total. The number of para-hydroxylation sites is 9. The topological polar surface area (TPSA) is 380 Å². The Balaban J connectivity index is 0.000000214. The molecule has 0 bridgehead atoms. The van der Waals surface area contributed by atoms with Gasteiger partial charge in [0.1, 0.15) is 50.7 Å². The van der Waals surface area contributed by atoms with Gasteiger partial charge in [-0.2, -0.15) is 0 Å². The number of ether oxygens (including phenoxy) is 7. The molecule has 10 aromatic rings. The minimum Gasteiger partial charge on any atom is -0.457 e. The zero-order chi connectivity index (χ0) is 79.3. The minimum atomic E-state index is -1.73. The third-order valence-corrected chi connectivity index (χ3v) is 15.4. The van der Waals surface area contributed by atoms with E-state index >= 15 is 0 Å². The van der Waals surface area contributed by atoms with Crippen LogP contribution in [0.3, 0.4) is 0 Å². The second-order valence-electron chi connectivity index (χ2n) is 24.2. The van der Waals surface area contributed by atoms with Gasteiger partial charge in [-0.05, 0) is 121 Å². The van der Waals surface area contributed by atoms with E-state index in [0.717, 1.165) is 5.56 Å². The first kappa shape index (κ1) is 82.7. The van der Waals surface area contributed by atoms with Crippen molar-refractivity contribution < 1.29 is 81.1 Å². The number of benzene rings is 10. The van der Waals surface area contributed by atoms with Gasteiger partial charge in [-0.1, -0.05) is 201 Å².